The van der Waals surface area contributed by atoms with Crippen molar-refractivity contribution >= 4 is 33.3 Å². The second-order valence-corrected chi connectivity index (χ2v) is 7.09. The van der Waals surface area contributed by atoms with Crippen molar-refractivity contribution in [3.63, 3.8) is 0 Å². The summed E-state index contributed by atoms with van der Waals surface area (Å²) in [6.07, 6.45) is 7.90. The zero-order valence-corrected chi connectivity index (χ0v) is 14.5. The zero-order valence-electron chi connectivity index (χ0n) is 13.7. The molecule has 1 fully saturated rings. The van der Waals surface area contributed by atoms with Crippen molar-refractivity contribution in [3.8, 4) is 0 Å². The number of carbonyl (C=O) groups is 1. The molecule has 0 bridgehead atoms. The maximum Gasteiger partial charge on any atom is 0.224 e. The molecule has 3 rings (SSSR count). The molecule has 0 aromatic carbocycles. The quantitative estimate of drug-likeness (QED) is 0.911. The minimum Gasteiger partial charge on any atom is -0.369 e. The third-order valence-electron chi connectivity index (χ3n) is 4.32. The molecule has 23 heavy (non-hydrogen) atoms. The lowest BCUT2D eigenvalue weighted by atomic mass is 10.2. The Labute approximate surface area is 141 Å². The van der Waals surface area contributed by atoms with Crippen LogP contribution >= 0.6 is 11.3 Å². The highest BCUT2D eigenvalue weighted by Gasteiger charge is 2.15. The fourth-order valence-corrected chi connectivity index (χ4v) is 3.92. The Morgan fingerprint density at radius 3 is 2.78 bits per heavy atom. The van der Waals surface area contributed by atoms with Gasteiger partial charge < -0.3 is 10.2 Å². The third-order valence-corrected chi connectivity index (χ3v) is 5.51. The maximum atomic E-state index is 12.3. The van der Waals surface area contributed by atoms with Crippen LogP contribution in [0.5, 0.6) is 0 Å². The van der Waals surface area contributed by atoms with Crippen LogP contribution in [-0.2, 0) is 11.2 Å². The Kier molecular flexibility index (Phi) is 5.43. The summed E-state index contributed by atoms with van der Waals surface area (Å²) >= 11 is 1.71. The zero-order chi connectivity index (χ0) is 16.1. The van der Waals surface area contributed by atoms with Gasteiger partial charge in [-0.3, -0.25) is 4.79 Å². The molecular weight excluding hydrogens is 308 g/mol. The molecule has 0 aliphatic carbocycles. The summed E-state index contributed by atoms with van der Waals surface area (Å²) in [5, 5.41) is 4.39. The normalized spacial score (nSPS) is 15.6. The molecule has 1 aliphatic rings. The second kappa shape index (κ2) is 7.73. The summed E-state index contributed by atoms with van der Waals surface area (Å²) < 4.78 is 0. The van der Waals surface area contributed by atoms with Crippen LogP contribution in [0.1, 0.15) is 43.9 Å². The lowest BCUT2D eigenvalue weighted by molar-refractivity contribution is -0.130. The predicted octanol–water partition coefficient (Wildman–Crippen LogP) is 3.46. The molecule has 0 spiro atoms. The van der Waals surface area contributed by atoms with Crippen molar-refractivity contribution in [1.82, 2.24) is 14.9 Å². The number of aromatic nitrogens is 2. The minimum atomic E-state index is 0.254. The summed E-state index contributed by atoms with van der Waals surface area (Å²) in [5.41, 5.74) is 0. The molecule has 1 N–H and O–H groups in total. The lowest BCUT2D eigenvalue weighted by Gasteiger charge is -2.20. The van der Waals surface area contributed by atoms with Crippen molar-refractivity contribution in [2.75, 3.05) is 25.0 Å². The predicted molar refractivity (Wildman–Crippen MR) is 94.9 cm³/mol. The van der Waals surface area contributed by atoms with E-state index < -0.39 is 0 Å². The summed E-state index contributed by atoms with van der Waals surface area (Å²) in [6.45, 7) is 4.60. The fraction of sp³-hybridized carbons (Fsp3) is 0.588. The van der Waals surface area contributed by atoms with E-state index in [2.05, 4.69) is 28.3 Å². The van der Waals surface area contributed by atoms with Crippen molar-refractivity contribution in [3.05, 3.63) is 17.3 Å². The minimum absolute atomic E-state index is 0.254. The molecule has 2 aromatic heterocycles. The summed E-state index contributed by atoms with van der Waals surface area (Å²) in [6, 6.07) is 2.15. The van der Waals surface area contributed by atoms with Gasteiger partial charge in [-0.15, -0.1) is 11.3 Å². The van der Waals surface area contributed by atoms with E-state index in [-0.39, 0.29) is 5.91 Å². The van der Waals surface area contributed by atoms with Gasteiger partial charge >= 0.3 is 0 Å². The van der Waals surface area contributed by atoms with Crippen LogP contribution in [-0.4, -0.2) is 40.4 Å². The van der Waals surface area contributed by atoms with Crippen molar-refractivity contribution in [2.24, 2.45) is 0 Å². The Hall–Kier alpha value is -1.69. The topological polar surface area (TPSA) is 58.1 Å². The van der Waals surface area contributed by atoms with Gasteiger partial charge in [0.1, 0.15) is 17.0 Å². The smallest absolute Gasteiger partial charge is 0.224 e. The Morgan fingerprint density at radius 1 is 1.26 bits per heavy atom. The van der Waals surface area contributed by atoms with Gasteiger partial charge in [0.05, 0.1) is 5.39 Å². The average Bonchev–Trinajstić information content (AvgIpc) is 2.81. The number of anilines is 1. The number of nitrogens with one attached hydrogen (secondary N) is 1. The molecule has 0 saturated carbocycles. The molecule has 3 heterocycles. The van der Waals surface area contributed by atoms with E-state index in [0.29, 0.717) is 13.0 Å². The Balaban J connectivity index is 1.58. The first kappa shape index (κ1) is 16.2. The highest BCUT2D eigenvalue weighted by molar-refractivity contribution is 7.18. The Morgan fingerprint density at radius 2 is 2.04 bits per heavy atom. The van der Waals surface area contributed by atoms with Crippen LogP contribution in [0.4, 0.5) is 5.82 Å². The van der Waals surface area contributed by atoms with E-state index in [1.54, 1.807) is 17.7 Å². The van der Waals surface area contributed by atoms with E-state index in [4.69, 9.17) is 0 Å². The first-order chi connectivity index (χ1) is 11.3. The van der Waals surface area contributed by atoms with Crippen molar-refractivity contribution in [1.29, 1.82) is 0 Å². The lowest BCUT2D eigenvalue weighted by Crippen LogP contribution is -2.32. The number of amides is 1. The molecule has 6 heteroatoms. The second-order valence-electron chi connectivity index (χ2n) is 5.98. The molecule has 1 amide bonds. The fourth-order valence-electron chi connectivity index (χ4n) is 2.99. The van der Waals surface area contributed by atoms with E-state index in [1.807, 2.05) is 4.90 Å². The van der Waals surface area contributed by atoms with E-state index in [0.717, 1.165) is 48.4 Å². The number of thiophene rings is 1. The monoisotopic (exact) mass is 332 g/mol. The average molecular weight is 332 g/mol. The first-order valence-corrected chi connectivity index (χ1v) is 9.34. The number of nitrogens with zero attached hydrogens (tertiary/aromatic N) is 3. The number of aryl methyl sites for hydroxylation is 1. The first-order valence-electron chi connectivity index (χ1n) is 8.53. The molecule has 1 aliphatic heterocycles. The van der Waals surface area contributed by atoms with Crippen molar-refractivity contribution < 1.29 is 4.79 Å². The van der Waals surface area contributed by atoms with E-state index in [9.17, 15) is 4.79 Å². The maximum absolute atomic E-state index is 12.3. The van der Waals surface area contributed by atoms with Crippen LogP contribution in [0.15, 0.2) is 12.4 Å². The SMILES string of the molecule is CCc1cc2c(NCCC(=O)N3CCCCCC3)ncnc2s1. The number of hydrogen-bond donors (Lipinski definition) is 1. The van der Waals surface area contributed by atoms with Gasteiger partial charge in [-0.1, -0.05) is 19.8 Å². The van der Waals surface area contributed by atoms with E-state index in [1.165, 1.54) is 17.7 Å². The molecule has 0 atom stereocenters. The molecule has 2 aromatic rings. The number of carbonyl (C=O) groups excluding carboxylic acids is 1. The van der Waals surface area contributed by atoms with Crippen LogP contribution in [0.3, 0.4) is 0 Å². The summed E-state index contributed by atoms with van der Waals surface area (Å²) in [4.78, 5) is 25.3. The molecule has 0 radical (unpaired) electrons. The van der Waals surface area contributed by atoms with Gasteiger partial charge in [-0.25, -0.2) is 9.97 Å². The van der Waals surface area contributed by atoms with Crippen LogP contribution < -0.4 is 5.32 Å². The van der Waals surface area contributed by atoms with Crippen molar-refractivity contribution in [2.45, 2.75) is 45.4 Å². The Bertz CT molecular complexity index is 662. The standard InChI is InChI=1S/C17H24N4OS/c1-2-13-11-14-16(19-12-20-17(14)23-13)18-8-7-15(22)21-9-5-3-4-6-10-21/h11-12H,2-10H2,1H3,(H,18,19,20). The number of likely N-dealkylation sites (tertiary alicyclic amines) is 1. The highest BCUT2D eigenvalue weighted by atomic mass is 32.1. The third kappa shape index (κ3) is 3.99. The number of fused-ring (bicyclic) bond motifs is 1. The molecule has 0 unspecified atom stereocenters. The van der Waals surface area contributed by atoms with Gasteiger partial charge in [0.25, 0.3) is 0 Å². The van der Waals surface area contributed by atoms with Gasteiger partial charge in [0.15, 0.2) is 0 Å². The van der Waals surface area contributed by atoms with Gasteiger partial charge in [-0.05, 0) is 25.3 Å². The van der Waals surface area contributed by atoms with Crippen LogP contribution in [0.25, 0.3) is 10.2 Å². The van der Waals surface area contributed by atoms with E-state index >= 15 is 0 Å². The number of hydrogen-bond acceptors (Lipinski definition) is 5. The molecule has 124 valence electrons. The molecular formula is C17H24N4OS. The largest absolute Gasteiger partial charge is 0.369 e. The summed E-state index contributed by atoms with van der Waals surface area (Å²) in [7, 11) is 0. The van der Waals surface area contributed by atoms with Crippen LogP contribution in [0.2, 0.25) is 0 Å². The van der Waals surface area contributed by atoms with Gasteiger partial charge in [0.2, 0.25) is 5.91 Å². The van der Waals surface area contributed by atoms with Gasteiger partial charge in [0, 0.05) is 30.9 Å². The van der Waals surface area contributed by atoms with Gasteiger partial charge in [-0.2, -0.15) is 0 Å². The highest BCUT2D eigenvalue weighted by Crippen LogP contribution is 2.28. The van der Waals surface area contributed by atoms with Crippen LogP contribution in [0, 0.1) is 0 Å². The molecule has 5 nitrogen and oxygen atoms in total. The molecule has 1 saturated heterocycles. The summed E-state index contributed by atoms with van der Waals surface area (Å²) in [5.74, 6) is 1.10. The number of rotatable bonds is 5.